The first kappa shape index (κ1) is 16.2. The Labute approximate surface area is 109 Å². The van der Waals surface area contributed by atoms with Crippen LogP contribution in [0.1, 0.15) is 49.9 Å². The van der Waals surface area contributed by atoms with E-state index < -0.39 is 21.9 Å². The predicted octanol–water partition coefficient (Wildman–Crippen LogP) is 3.72. The topological polar surface area (TPSA) is 51.2 Å². The van der Waals surface area contributed by atoms with Crippen LogP contribution < -0.4 is 0 Å². The van der Waals surface area contributed by atoms with Crippen LogP contribution in [-0.4, -0.2) is 4.09 Å². The standard InChI is InChI=1S/C7H5O.C6H14.2O.Ti/c8-6-7-4-2-1-3-5-7;1-3-5-6-4-2;;;/h1-5H;3-6H2,1-2H3;;;. The summed E-state index contributed by atoms with van der Waals surface area (Å²) in [4.78, 5) is 10.8. The Hall–Kier alpha value is -0.796. The van der Waals surface area contributed by atoms with E-state index in [2.05, 4.69) is 13.8 Å². The van der Waals surface area contributed by atoms with Crippen LogP contribution in [0.5, 0.6) is 0 Å². The SMILES string of the molecule is CCCCCC.O=[C](c1ccccc1)[Ti](=[O])=[O]. The van der Waals surface area contributed by atoms with Crippen LogP contribution in [0.4, 0.5) is 0 Å². The van der Waals surface area contributed by atoms with E-state index in [9.17, 15) is 11.4 Å². The summed E-state index contributed by atoms with van der Waals surface area (Å²) in [5, 5.41) is 0. The van der Waals surface area contributed by atoms with Crippen LogP contribution in [0, 0.1) is 0 Å². The van der Waals surface area contributed by atoms with Gasteiger partial charge < -0.3 is 0 Å². The van der Waals surface area contributed by atoms with Crippen molar-refractivity contribution in [3.63, 3.8) is 0 Å². The van der Waals surface area contributed by atoms with Gasteiger partial charge in [0.2, 0.25) is 0 Å². The number of benzene rings is 1. The fourth-order valence-corrected chi connectivity index (χ4v) is 1.84. The number of hydrogen-bond donors (Lipinski definition) is 0. The molecular weight excluding hydrogens is 252 g/mol. The molecule has 0 N–H and O–H groups in total. The van der Waals surface area contributed by atoms with Crippen molar-refractivity contribution in [1.82, 2.24) is 0 Å². The first-order valence-corrected chi connectivity index (χ1v) is 7.99. The van der Waals surface area contributed by atoms with E-state index >= 15 is 0 Å². The van der Waals surface area contributed by atoms with Crippen molar-refractivity contribution in [2.24, 2.45) is 0 Å². The monoisotopic (exact) mass is 271 g/mol. The third-order valence-electron chi connectivity index (χ3n) is 2.18. The number of rotatable bonds is 5. The summed E-state index contributed by atoms with van der Waals surface area (Å²) in [6.45, 7) is 4.46. The summed E-state index contributed by atoms with van der Waals surface area (Å²) in [6.07, 6.45) is 5.54. The van der Waals surface area contributed by atoms with Crippen LogP contribution in [0.2, 0.25) is 0 Å². The van der Waals surface area contributed by atoms with Crippen molar-refractivity contribution in [3.05, 3.63) is 35.9 Å². The zero-order chi connectivity index (χ0) is 13.1. The first-order valence-electron chi connectivity index (χ1n) is 5.94. The molecule has 0 saturated carbocycles. The molecule has 0 heterocycles. The quantitative estimate of drug-likeness (QED) is 0.605. The zero-order valence-corrected chi connectivity index (χ0v) is 12.0. The average Bonchev–Trinajstić information content (AvgIpc) is 2.37. The summed E-state index contributed by atoms with van der Waals surface area (Å²) in [6, 6.07) is 7.98. The second kappa shape index (κ2) is 10.4. The molecule has 1 aromatic carbocycles. The van der Waals surface area contributed by atoms with E-state index in [1.807, 2.05) is 0 Å². The molecule has 0 fully saturated rings. The first-order chi connectivity index (χ1) is 8.13. The fourth-order valence-electron chi connectivity index (χ4n) is 1.21. The van der Waals surface area contributed by atoms with Gasteiger partial charge in [-0.25, -0.2) is 0 Å². The minimum absolute atomic E-state index is 0.257. The Kier molecular flexibility index (Phi) is 9.88. The van der Waals surface area contributed by atoms with E-state index in [-0.39, 0.29) is 5.56 Å². The Morgan fingerprint density at radius 3 is 1.82 bits per heavy atom. The molecule has 0 aliphatic heterocycles. The molecule has 17 heavy (non-hydrogen) atoms. The molecule has 4 heteroatoms. The normalized spacial score (nSPS) is 9.06. The van der Waals surface area contributed by atoms with Crippen LogP contribution in [0.3, 0.4) is 0 Å². The van der Waals surface area contributed by atoms with Gasteiger partial charge in [-0.3, -0.25) is 0 Å². The molecule has 0 radical (unpaired) electrons. The van der Waals surface area contributed by atoms with Gasteiger partial charge in [0, 0.05) is 0 Å². The Balaban J connectivity index is 0.000000366. The Morgan fingerprint density at radius 1 is 1.00 bits per heavy atom. The molecule has 1 aromatic rings. The van der Waals surface area contributed by atoms with E-state index in [0.717, 1.165) is 0 Å². The molecule has 0 bridgehead atoms. The van der Waals surface area contributed by atoms with Crippen molar-refractivity contribution in [1.29, 1.82) is 0 Å². The molecule has 0 aromatic heterocycles. The van der Waals surface area contributed by atoms with Crippen molar-refractivity contribution in [2.45, 2.75) is 39.5 Å². The van der Waals surface area contributed by atoms with Gasteiger partial charge in [-0.15, -0.1) is 0 Å². The van der Waals surface area contributed by atoms with Gasteiger partial charge in [-0.2, -0.15) is 0 Å². The van der Waals surface area contributed by atoms with Crippen molar-refractivity contribution >= 4 is 4.09 Å². The molecule has 0 atom stereocenters. The van der Waals surface area contributed by atoms with Crippen molar-refractivity contribution in [3.8, 4) is 0 Å². The summed E-state index contributed by atoms with van der Waals surface area (Å²) < 4.78 is 19.8. The number of hydrogen-bond acceptors (Lipinski definition) is 3. The number of carbonyl (C=O) groups excluding carboxylic acids is 1. The van der Waals surface area contributed by atoms with Crippen molar-refractivity contribution in [2.75, 3.05) is 0 Å². The van der Waals surface area contributed by atoms with Gasteiger partial charge in [0.15, 0.2) is 0 Å². The molecular formula is C13H19O3Ti. The van der Waals surface area contributed by atoms with E-state index in [1.165, 1.54) is 37.8 Å². The molecule has 0 amide bonds. The van der Waals surface area contributed by atoms with Gasteiger partial charge in [0.25, 0.3) is 0 Å². The second-order valence-electron chi connectivity index (χ2n) is 3.69. The summed E-state index contributed by atoms with van der Waals surface area (Å²) in [5.41, 5.74) is 0.257. The molecule has 93 valence electrons. The molecule has 0 unspecified atom stereocenters. The molecule has 0 aliphatic carbocycles. The van der Waals surface area contributed by atoms with Gasteiger partial charge >= 0.3 is 69.2 Å². The summed E-state index contributed by atoms with van der Waals surface area (Å²) >= 11 is -3.88. The average molecular weight is 271 g/mol. The maximum absolute atomic E-state index is 10.8. The molecule has 0 aliphatic rings. The van der Waals surface area contributed by atoms with Crippen molar-refractivity contribution < 1.29 is 29.3 Å². The van der Waals surface area contributed by atoms with Gasteiger partial charge in [-0.05, 0) is 0 Å². The summed E-state index contributed by atoms with van der Waals surface area (Å²) in [7, 11) is 0. The second-order valence-corrected chi connectivity index (χ2v) is 5.30. The maximum atomic E-state index is 10.8. The third-order valence-corrected chi connectivity index (χ3v) is 3.21. The Morgan fingerprint density at radius 2 is 1.47 bits per heavy atom. The summed E-state index contributed by atoms with van der Waals surface area (Å²) in [5.74, 6) is 0. The van der Waals surface area contributed by atoms with E-state index in [0.29, 0.717) is 0 Å². The van der Waals surface area contributed by atoms with Gasteiger partial charge in [0.1, 0.15) is 0 Å². The van der Waals surface area contributed by atoms with Crippen LogP contribution in [-0.2, 0) is 24.5 Å². The Bertz CT molecular complexity index is 371. The predicted molar refractivity (Wildman–Crippen MR) is 62.0 cm³/mol. The fraction of sp³-hybridized carbons (Fsp3) is 0.462. The zero-order valence-electron chi connectivity index (χ0n) is 10.4. The van der Waals surface area contributed by atoms with Crippen LogP contribution in [0.25, 0.3) is 0 Å². The number of carbonyl (C=O) groups is 1. The third kappa shape index (κ3) is 8.00. The molecule has 0 spiro atoms. The molecule has 3 nitrogen and oxygen atoms in total. The van der Waals surface area contributed by atoms with Crippen LogP contribution in [0.15, 0.2) is 30.3 Å². The van der Waals surface area contributed by atoms with Gasteiger partial charge in [-0.1, -0.05) is 39.5 Å². The van der Waals surface area contributed by atoms with Crippen LogP contribution >= 0.6 is 0 Å². The minimum atomic E-state index is -3.88. The molecule has 0 saturated heterocycles. The number of unbranched alkanes of at least 4 members (excludes halogenated alkanes) is 3. The molecule has 1 rings (SSSR count). The van der Waals surface area contributed by atoms with E-state index in [4.69, 9.17) is 0 Å². The van der Waals surface area contributed by atoms with Gasteiger partial charge in [0.05, 0.1) is 0 Å². The van der Waals surface area contributed by atoms with E-state index in [1.54, 1.807) is 18.2 Å².